The van der Waals surface area contributed by atoms with Gasteiger partial charge in [-0.1, -0.05) is 0 Å². The Hall–Kier alpha value is -0.610. The first-order valence-electron chi connectivity index (χ1n) is 5.06. The smallest absolute Gasteiger partial charge is 0.222 e. The maximum Gasteiger partial charge on any atom is 0.222 e. The third kappa shape index (κ3) is 3.27. The van der Waals surface area contributed by atoms with Crippen LogP contribution in [0.1, 0.15) is 19.8 Å². The van der Waals surface area contributed by atoms with Crippen molar-refractivity contribution in [2.75, 3.05) is 33.7 Å². The van der Waals surface area contributed by atoms with Gasteiger partial charge in [0.1, 0.15) is 0 Å². The minimum Gasteiger partial charge on any atom is -0.387 e. The Kier molecular flexibility index (Phi) is 3.50. The molecule has 0 aromatic carbocycles. The Morgan fingerprint density at radius 1 is 1.57 bits per heavy atom. The number of aliphatic hydroxyl groups is 1. The van der Waals surface area contributed by atoms with Gasteiger partial charge in [0.15, 0.2) is 0 Å². The van der Waals surface area contributed by atoms with Crippen LogP contribution in [-0.2, 0) is 4.79 Å². The van der Waals surface area contributed by atoms with Gasteiger partial charge in [-0.2, -0.15) is 0 Å². The van der Waals surface area contributed by atoms with Gasteiger partial charge in [-0.05, 0) is 27.4 Å². The molecule has 0 aliphatic carbocycles. The second-order valence-electron chi connectivity index (χ2n) is 4.65. The van der Waals surface area contributed by atoms with Gasteiger partial charge in [-0.25, -0.2) is 0 Å². The standard InChI is InChI=1S/C10H20N2O2/c1-10(14,7-11(2)3)8-12-6-4-5-9(12)13/h14H,4-8H2,1-3H3. The van der Waals surface area contributed by atoms with E-state index in [1.54, 1.807) is 11.8 Å². The summed E-state index contributed by atoms with van der Waals surface area (Å²) in [6.45, 7) is 3.60. The van der Waals surface area contributed by atoms with Gasteiger partial charge in [0, 0.05) is 19.5 Å². The lowest BCUT2D eigenvalue weighted by atomic mass is 10.1. The summed E-state index contributed by atoms with van der Waals surface area (Å²) in [6.07, 6.45) is 1.56. The van der Waals surface area contributed by atoms with Gasteiger partial charge < -0.3 is 14.9 Å². The summed E-state index contributed by atoms with van der Waals surface area (Å²) in [5.74, 6) is 0.170. The number of hydrogen-bond acceptors (Lipinski definition) is 3. The number of carbonyl (C=O) groups is 1. The molecular weight excluding hydrogens is 180 g/mol. The van der Waals surface area contributed by atoms with Gasteiger partial charge in [0.2, 0.25) is 5.91 Å². The molecule has 1 N–H and O–H groups in total. The Labute approximate surface area is 85.5 Å². The predicted octanol–water partition coefficient (Wildman–Crippen LogP) is -0.0786. The topological polar surface area (TPSA) is 43.8 Å². The molecule has 14 heavy (non-hydrogen) atoms. The van der Waals surface area contributed by atoms with E-state index in [1.165, 1.54) is 0 Å². The summed E-state index contributed by atoms with van der Waals surface area (Å²) in [6, 6.07) is 0. The minimum atomic E-state index is -0.802. The second-order valence-corrected chi connectivity index (χ2v) is 4.65. The summed E-state index contributed by atoms with van der Waals surface area (Å²) in [5, 5.41) is 10.0. The number of likely N-dealkylation sites (N-methyl/N-ethyl adjacent to an activating group) is 1. The zero-order chi connectivity index (χ0) is 10.8. The van der Waals surface area contributed by atoms with E-state index in [-0.39, 0.29) is 5.91 Å². The van der Waals surface area contributed by atoms with Crippen LogP contribution >= 0.6 is 0 Å². The molecule has 0 aromatic rings. The molecule has 1 amide bonds. The van der Waals surface area contributed by atoms with Crippen LogP contribution in [0.4, 0.5) is 0 Å². The maximum atomic E-state index is 11.3. The molecule has 4 heteroatoms. The molecule has 1 unspecified atom stereocenters. The molecule has 1 rings (SSSR count). The monoisotopic (exact) mass is 200 g/mol. The third-order valence-corrected chi connectivity index (χ3v) is 2.36. The molecule has 82 valence electrons. The Morgan fingerprint density at radius 3 is 2.64 bits per heavy atom. The summed E-state index contributed by atoms with van der Waals surface area (Å²) in [4.78, 5) is 15.0. The lowest BCUT2D eigenvalue weighted by molar-refractivity contribution is -0.130. The van der Waals surface area contributed by atoms with E-state index < -0.39 is 5.60 Å². The molecule has 1 aliphatic heterocycles. The number of β-amino-alcohol motifs (C(OH)–C–C–N with tert-alkyl or cyclic N) is 1. The second kappa shape index (κ2) is 4.28. The fourth-order valence-electron chi connectivity index (χ4n) is 2.01. The van der Waals surface area contributed by atoms with Crippen LogP contribution in [0.2, 0.25) is 0 Å². The molecule has 1 atom stereocenters. The quantitative estimate of drug-likeness (QED) is 0.690. The number of nitrogens with zero attached hydrogens (tertiary/aromatic N) is 2. The molecule has 1 saturated heterocycles. The lowest BCUT2D eigenvalue weighted by Gasteiger charge is -2.31. The molecule has 0 radical (unpaired) electrons. The maximum absolute atomic E-state index is 11.3. The van der Waals surface area contributed by atoms with Crippen molar-refractivity contribution in [1.82, 2.24) is 9.80 Å². The van der Waals surface area contributed by atoms with Crippen molar-refractivity contribution in [1.29, 1.82) is 0 Å². The minimum absolute atomic E-state index is 0.170. The zero-order valence-corrected chi connectivity index (χ0v) is 9.29. The van der Waals surface area contributed by atoms with Gasteiger partial charge in [0.25, 0.3) is 0 Å². The summed E-state index contributed by atoms with van der Waals surface area (Å²) < 4.78 is 0. The molecule has 0 aromatic heterocycles. The van der Waals surface area contributed by atoms with Crippen molar-refractivity contribution < 1.29 is 9.90 Å². The number of rotatable bonds is 4. The first kappa shape index (κ1) is 11.5. The Morgan fingerprint density at radius 2 is 2.21 bits per heavy atom. The number of likely N-dealkylation sites (tertiary alicyclic amines) is 1. The van der Waals surface area contributed by atoms with E-state index in [2.05, 4.69) is 0 Å². The number of hydrogen-bond donors (Lipinski definition) is 1. The SMILES string of the molecule is CN(C)CC(C)(O)CN1CCCC1=O. The van der Waals surface area contributed by atoms with E-state index in [1.807, 2.05) is 19.0 Å². The average molecular weight is 200 g/mol. The molecule has 1 aliphatic rings. The molecule has 4 nitrogen and oxygen atoms in total. The Bertz CT molecular complexity index is 214. The Balaban J connectivity index is 2.45. The summed E-state index contributed by atoms with van der Waals surface area (Å²) >= 11 is 0. The predicted molar refractivity (Wildman–Crippen MR) is 55.0 cm³/mol. The molecule has 0 spiro atoms. The third-order valence-electron chi connectivity index (χ3n) is 2.36. The van der Waals surface area contributed by atoms with Crippen LogP contribution < -0.4 is 0 Å². The van der Waals surface area contributed by atoms with E-state index in [9.17, 15) is 9.90 Å². The van der Waals surface area contributed by atoms with Crippen molar-refractivity contribution in [2.45, 2.75) is 25.4 Å². The normalized spacial score (nSPS) is 21.8. The average Bonchev–Trinajstić information content (AvgIpc) is 2.32. The van der Waals surface area contributed by atoms with Crippen LogP contribution in [0.3, 0.4) is 0 Å². The van der Waals surface area contributed by atoms with Crippen molar-refractivity contribution in [3.8, 4) is 0 Å². The number of carbonyl (C=O) groups excluding carboxylic acids is 1. The fraction of sp³-hybridized carbons (Fsp3) is 0.900. The van der Waals surface area contributed by atoms with Crippen molar-refractivity contribution in [3.05, 3.63) is 0 Å². The summed E-state index contributed by atoms with van der Waals surface area (Å²) in [7, 11) is 3.83. The van der Waals surface area contributed by atoms with Gasteiger partial charge in [0.05, 0.1) is 12.1 Å². The van der Waals surface area contributed by atoms with E-state index >= 15 is 0 Å². The van der Waals surface area contributed by atoms with E-state index in [0.717, 1.165) is 13.0 Å². The largest absolute Gasteiger partial charge is 0.387 e. The highest BCUT2D eigenvalue weighted by Crippen LogP contribution is 2.14. The van der Waals surface area contributed by atoms with Crippen LogP contribution in [0.15, 0.2) is 0 Å². The fourth-order valence-corrected chi connectivity index (χ4v) is 2.01. The van der Waals surface area contributed by atoms with Crippen LogP contribution in [-0.4, -0.2) is 60.1 Å². The summed E-state index contributed by atoms with van der Waals surface area (Å²) in [5.41, 5.74) is -0.802. The van der Waals surface area contributed by atoms with Crippen LogP contribution in [0.5, 0.6) is 0 Å². The van der Waals surface area contributed by atoms with Crippen LogP contribution in [0, 0.1) is 0 Å². The van der Waals surface area contributed by atoms with E-state index in [0.29, 0.717) is 19.5 Å². The van der Waals surface area contributed by atoms with Crippen molar-refractivity contribution in [3.63, 3.8) is 0 Å². The molecule has 0 saturated carbocycles. The highest BCUT2D eigenvalue weighted by Gasteiger charge is 2.29. The van der Waals surface area contributed by atoms with Crippen molar-refractivity contribution >= 4 is 5.91 Å². The van der Waals surface area contributed by atoms with Gasteiger partial charge in [-0.3, -0.25) is 4.79 Å². The lowest BCUT2D eigenvalue weighted by Crippen LogP contribution is -2.47. The van der Waals surface area contributed by atoms with Crippen molar-refractivity contribution in [2.24, 2.45) is 0 Å². The highest BCUT2D eigenvalue weighted by atomic mass is 16.3. The van der Waals surface area contributed by atoms with Gasteiger partial charge in [-0.15, -0.1) is 0 Å². The zero-order valence-electron chi connectivity index (χ0n) is 9.29. The molecular formula is C10H20N2O2. The van der Waals surface area contributed by atoms with E-state index in [4.69, 9.17) is 0 Å². The van der Waals surface area contributed by atoms with Crippen LogP contribution in [0.25, 0.3) is 0 Å². The first-order chi connectivity index (χ1) is 6.41. The highest BCUT2D eigenvalue weighted by molar-refractivity contribution is 5.78. The molecule has 0 bridgehead atoms. The molecule has 1 fully saturated rings. The first-order valence-corrected chi connectivity index (χ1v) is 5.06. The molecule has 1 heterocycles. The number of amides is 1. The van der Waals surface area contributed by atoms with Gasteiger partial charge >= 0.3 is 0 Å².